The smallest absolute Gasteiger partial charge is 0.221 e. The molecule has 1 amide bonds. The Kier molecular flexibility index (Phi) is 6.59. The lowest BCUT2D eigenvalue weighted by Crippen LogP contribution is -2.26. The predicted octanol–water partition coefficient (Wildman–Crippen LogP) is 0.653. The number of nitrogens with zero attached hydrogens (tertiary/aromatic N) is 2. The van der Waals surface area contributed by atoms with Crippen LogP contribution in [0.2, 0.25) is 0 Å². The summed E-state index contributed by atoms with van der Waals surface area (Å²) in [6.45, 7) is 5.27. The molecule has 0 saturated carbocycles. The van der Waals surface area contributed by atoms with Gasteiger partial charge in [-0.2, -0.15) is 0 Å². The number of aromatic nitrogens is 2. The van der Waals surface area contributed by atoms with Crippen LogP contribution < -0.4 is 21.9 Å². The summed E-state index contributed by atoms with van der Waals surface area (Å²) in [4.78, 5) is 19.7. The van der Waals surface area contributed by atoms with Crippen molar-refractivity contribution in [3.8, 4) is 0 Å². The molecular weight excluding hydrogens is 244 g/mol. The standard InChI is InChI=1S/C12H22N6O/c1-3-6-14-10(19)5-7-15-11-9(4-2)12(18-13)17-8-16-11/h8H,3-7,13H2,1-2H3,(H,14,19)(H2,15,16,17,18). The van der Waals surface area contributed by atoms with E-state index in [0.29, 0.717) is 31.1 Å². The number of rotatable bonds is 8. The van der Waals surface area contributed by atoms with E-state index in [1.54, 1.807) is 0 Å². The highest BCUT2D eigenvalue weighted by atomic mass is 16.1. The highest BCUT2D eigenvalue weighted by Crippen LogP contribution is 2.19. The average molecular weight is 266 g/mol. The lowest BCUT2D eigenvalue weighted by atomic mass is 10.2. The number of nitrogen functional groups attached to an aromatic ring is 1. The second kappa shape index (κ2) is 8.25. The molecule has 1 rings (SSSR count). The van der Waals surface area contributed by atoms with Gasteiger partial charge in [0.15, 0.2) is 0 Å². The first-order chi connectivity index (χ1) is 9.22. The van der Waals surface area contributed by atoms with Crippen molar-refractivity contribution in [2.75, 3.05) is 23.8 Å². The van der Waals surface area contributed by atoms with E-state index >= 15 is 0 Å². The fraction of sp³-hybridized carbons (Fsp3) is 0.583. The van der Waals surface area contributed by atoms with Crippen molar-refractivity contribution < 1.29 is 4.79 Å². The molecule has 0 radical (unpaired) electrons. The van der Waals surface area contributed by atoms with Crippen molar-refractivity contribution >= 4 is 17.5 Å². The van der Waals surface area contributed by atoms with Gasteiger partial charge < -0.3 is 16.1 Å². The summed E-state index contributed by atoms with van der Waals surface area (Å²) in [6.07, 6.45) is 3.55. The summed E-state index contributed by atoms with van der Waals surface area (Å²) in [5, 5.41) is 5.96. The minimum Gasteiger partial charge on any atom is -0.369 e. The van der Waals surface area contributed by atoms with Gasteiger partial charge >= 0.3 is 0 Å². The third-order valence-corrected chi connectivity index (χ3v) is 2.65. The van der Waals surface area contributed by atoms with E-state index < -0.39 is 0 Å². The molecule has 1 aromatic heterocycles. The van der Waals surface area contributed by atoms with Crippen LogP contribution >= 0.6 is 0 Å². The normalized spacial score (nSPS) is 10.1. The summed E-state index contributed by atoms with van der Waals surface area (Å²) >= 11 is 0. The Morgan fingerprint density at radius 1 is 1.26 bits per heavy atom. The maximum atomic E-state index is 11.5. The number of hydrazine groups is 1. The van der Waals surface area contributed by atoms with Crippen LogP contribution in [-0.4, -0.2) is 29.0 Å². The van der Waals surface area contributed by atoms with E-state index in [4.69, 9.17) is 5.84 Å². The molecule has 0 aliphatic carbocycles. The van der Waals surface area contributed by atoms with Gasteiger partial charge in [0.2, 0.25) is 5.91 Å². The molecule has 0 saturated heterocycles. The monoisotopic (exact) mass is 266 g/mol. The van der Waals surface area contributed by atoms with Crippen LogP contribution in [-0.2, 0) is 11.2 Å². The second-order valence-corrected chi connectivity index (χ2v) is 4.07. The molecule has 0 spiro atoms. The van der Waals surface area contributed by atoms with Gasteiger partial charge in [-0.3, -0.25) is 4.79 Å². The first-order valence-electron chi connectivity index (χ1n) is 6.53. The van der Waals surface area contributed by atoms with Crippen molar-refractivity contribution in [2.45, 2.75) is 33.1 Å². The summed E-state index contributed by atoms with van der Waals surface area (Å²) in [5.74, 6) is 6.76. The van der Waals surface area contributed by atoms with Crippen molar-refractivity contribution in [3.05, 3.63) is 11.9 Å². The van der Waals surface area contributed by atoms with Crippen molar-refractivity contribution in [2.24, 2.45) is 5.84 Å². The minimum atomic E-state index is 0.0404. The molecule has 0 aromatic carbocycles. The van der Waals surface area contributed by atoms with Gasteiger partial charge in [0.25, 0.3) is 0 Å². The number of carbonyl (C=O) groups excluding carboxylic acids is 1. The molecule has 0 aliphatic rings. The maximum Gasteiger partial charge on any atom is 0.221 e. The number of carbonyl (C=O) groups is 1. The summed E-state index contributed by atoms with van der Waals surface area (Å²) in [6, 6.07) is 0. The minimum absolute atomic E-state index is 0.0404. The quantitative estimate of drug-likeness (QED) is 0.407. The molecule has 106 valence electrons. The van der Waals surface area contributed by atoms with E-state index in [1.165, 1.54) is 6.33 Å². The number of anilines is 2. The number of hydrogen-bond acceptors (Lipinski definition) is 6. The van der Waals surface area contributed by atoms with Gasteiger partial charge in [-0.1, -0.05) is 13.8 Å². The summed E-state index contributed by atoms with van der Waals surface area (Å²) in [5.41, 5.74) is 3.46. The molecule has 19 heavy (non-hydrogen) atoms. The lowest BCUT2D eigenvalue weighted by Gasteiger charge is -2.12. The van der Waals surface area contributed by atoms with Gasteiger partial charge in [0.1, 0.15) is 18.0 Å². The molecule has 0 unspecified atom stereocenters. The topological polar surface area (TPSA) is 105 Å². The molecule has 5 N–H and O–H groups in total. The molecule has 1 aromatic rings. The van der Waals surface area contributed by atoms with E-state index in [1.807, 2.05) is 13.8 Å². The van der Waals surface area contributed by atoms with Crippen LogP contribution in [0.25, 0.3) is 0 Å². The van der Waals surface area contributed by atoms with Crippen LogP contribution in [0.15, 0.2) is 6.33 Å². The number of amides is 1. The Bertz CT molecular complexity index is 409. The van der Waals surface area contributed by atoms with Crippen molar-refractivity contribution in [1.29, 1.82) is 0 Å². The number of hydrogen-bond donors (Lipinski definition) is 4. The van der Waals surface area contributed by atoms with Crippen LogP contribution in [0, 0.1) is 0 Å². The van der Waals surface area contributed by atoms with Gasteiger partial charge in [0, 0.05) is 25.1 Å². The Labute approximate surface area is 113 Å². The zero-order chi connectivity index (χ0) is 14.1. The third-order valence-electron chi connectivity index (χ3n) is 2.65. The van der Waals surface area contributed by atoms with Crippen LogP contribution in [0.1, 0.15) is 32.3 Å². The van der Waals surface area contributed by atoms with Gasteiger partial charge in [0.05, 0.1) is 0 Å². The molecule has 7 heteroatoms. The van der Waals surface area contributed by atoms with Crippen molar-refractivity contribution in [1.82, 2.24) is 15.3 Å². The molecular formula is C12H22N6O. The van der Waals surface area contributed by atoms with Gasteiger partial charge in [-0.05, 0) is 12.8 Å². The van der Waals surface area contributed by atoms with Crippen LogP contribution in [0.4, 0.5) is 11.6 Å². The Morgan fingerprint density at radius 3 is 2.63 bits per heavy atom. The Hall–Kier alpha value is -1.89. The molecule has 1 heterocycles. The zero-order valence-corrected chi connectivity index (χ0v) is 11.5. The van der Waals surface area contributed by atoms with Crippen molar-refractivity contribution in [3.63, 3.8) is 0 Å². The Balaban J connectivity index is 2.51. The highest BCUT2D eigenvalue weighted by molar-refractivity contribution is 5.76. The Morgan fingerprint density at radius 2 is 2.00 bits per heavy atom. The zero-order valence-electron chi connectivity index (χ0n) is 11.5. The number of nitrogens with one attached hydrogen (secondary N) is 3. The van der Waals surface area contributed by atoms with Gasteiger partial charge in [-0.15, -0.1) is 0 Å². The largest absolute Gasteiger partial charge is 0.369 e. The molecule has 7 nitrogen and oxygen atoms in total. The molecule has 0 atom stereocenters. The van der Waals surface area contributed by atoms with Crippen LogP contribution in [0.5, 0.6) is 0 Å². The number of nitrogens with two attached hydrogens (primary N) is 1. The second-order valence-electron chi connectivity index (χ2n) is 4.07. The molecule has 0 fully saturated rings. The van der Waals surface area contributed by atoms with E-state index in [2.05, 4.69) is 26.0 Å². The van der Waals surface area contributed by atoms with E-state index in [-0.39, 0.29) is 5.91 Å². The molecule has 0 bridgehead atoms. The lowest BCUT2D eigenvalue weighted by molar-refractivity contribution is -0.120. The maximum absolute atomic E-state index is 11.5. The fourth-order valence-electron chi connectivity index (χ4n) is 1.67. The fourth-order valence-corrected chi connectivity index (χ4v) is 1.67. The van der Waals surface area contributed by atoms with Crippen LogP contribution in [0.3, 0.4) is 0 Å². The van der Waals surface area contributed by atoms with E-state index in [9.17, 15) is 4.79 Å². The summed E-state index contributed by atoms with van der Waals surface area (Å²) in [7, 11) is 0. The first kappa shape index (κ1) is 15.2. The first-order valence-corrected chi connectivity index (χ1v) is 6.53. The SMILES string of the molecule is CCCNC(=O)CCNc1ncnc(NN)c1CC. The third kappa shape index (κ3) is 4.70. The van der Waals surface area contributed by atoms with E-state index in [0.717, 1.165) is 18.4 Å². The summed E-state index contributed by atoms with van der Waals surface area (Å²) < 4.78 is 0. The molecule has 0 aliphatic heterocycles. The highest BCUT2D eigenvalue weighted by Gasteiger charge is 2.08. The van der Waals surface area contributed by atoms with Gasteiger partial charge in [-0.25, -0.2) is 15.8 Å². The average Bonchev–Trinajstić information content (AvgIpc) is 2.44. The predicted molar refractivity (Wildman–Crippen MR) is 75.6 cm³/mol.